The molecule has 0 aliphatic rings. The van der Waals surface area contributed by atoms with Crippen LogP contribution in [0.25, 0.3) is 0 Å². The number of carbonyl (C=O) groups is 1. The Balaban J connectivity index is 2.41. The van der Waals surface area contributed by atoms with Crippen molar-refractivity contribution in [2.24, 2.45) is 0 Å². The van der Waals surface area contributed by atoms with Crippen LogP contribution in [0.4, 0.5) is 0 Å². The van der Waals surface area contributed by atoms with Crippen molar-refractivity contribution in [3.63, 3.8) is 0 Å². The van der Waals surface area contributed by atoms with Gasteiger partial charge in [-0.15, -0.1) is 0 Å². The lowest BCUT2D eigenvalue weighted by Crippen LogP contribution is -2.21. The largest absolute Gasteiger partial charge is 0.488 e. The third-order valence-corrected chi connectivity index (χ3v) is 2.24. The second-order valence-corrected chi connectivity index (χ2v) is 3.90. The molecule has 0 aromatic heterocycles. The zero-order valence-corrected chi connectivity index (χ0v) is 10.6. The minimum atomic E-state index is -0.372. The zero-order chi connectivity index (χ0) is 12.7. The Hall–Kier alpha value is -1.48. The number of esters is 1. The summed E-state index contributed by atoms with van der Waals surface area (Å²) < 4.78 is 10.5. The maximum absolute atomic E-state index is 11.1. The first-order valence-corrected chi connectivity index (χ1v) is 5.72. The number of halogens is 1. The van der Waals surface area contributed by atoms with E-state index in [2.05, 4.69) is 0 Å². The molecule has 1 aromatic carbocycles. The molecule has 0 radical (unpaired) electrons. The topological polar surface area (TPSA) is 35.5 Å². The maximum atomic E-state index is 11.1. The van der Waals surface area contributed by atoms with Crippen molar-refractivity contribution in [3.8, 4) is 5.75 Å². The lowest BCUT2D eigenvalue weighted by molar-refractivity contribution is -0.143. The van der Waals surface area contributed by atoms with E-state index in [1.807, 2.05) is 12.1 Å². The molecule has 0 saturated heterocycles. The van der Waals surface area contributed by atoms with E-state index in [0.717, 1.165) is 0 Å². The van der Waals surface area contributed by atoms with Crippen molar-refractivity contribution in [1.29, 1.82) is 0 Å². The first kappa shape index (κ1) is 13.6. The molecule has 1 atom stereocenters. The van der Waals surface area contributed by atoms with Crippen LogP contribution in [0.2, 0.25) is 5.02 Å². The molecule has 0 amide bonds. The van der Waals surface area contributed by atoms with Crippen LogP contribution in [0.1, 0.15) is 13.8 Å². The Kier molecular flexibility index (Phi) is 5.57. The summed E-state index contributed by atoms with van der Waals surface area (Å²) >= 11 is 5.92. The highest BCUT2D eigenvalue weighted by molar-refractivity contribution is 6.32. The molecule has 0 spiro atoms. The fraction of sp³-hybridized carbons (Fsp3) is 0.308. The van der Waals surface area contributed by atoms with Gasteiger partial charge in [0.05, 0.1) is 5.02 Å². The number of hydrogen-bond donors (Lipinski definition) is 0. The summed E-state index contributed by atoms with van der Waals surface area (Å²) in [6.45, 7) is 3.79. The predicted octanol–water partition coefficient (Wildman–Crippen LogP) is 3.23. The highest BCUT2D eigenvalue weighted by Crippen LogP contribution is 2.23. The molecule has 0 bridgehead atoms. The molecule has 0 heterocycles. The number of allylic oxidation sites excluding steroid dienone is 1. The number of benzene rings is 1. The predicted molar refractivity (Wildman–Crippen MR) is 67.3 cm³/mol. The van der Waals surface area contributed by atoms with Gasteiger partial charge in [0.1, 0.15) is 18.5 Å². The monoisotopic (exact) mass is 254 g/mol. The van der Waals surface area contributed by atoms with E-state index >= 15 is 0 Å². The van der Waals surface area contributed by atoms with Crippen molar-refractivity contribution < 1.29 is 14.3 Å². The molecule has 0 aliphatic carbocycles. The van der Waals surface area contributed by atoms with Gasteiger partial charge in [-0.05, 0) is 26.0 Å². The number of rotatable bonds is 5. The van der Waals surface area contributed by atoms with Crippen LogP contribution in [-0.4, -0.2) is 18.7 Å². The third kappa shape index (κ3) is 4.91. The van der Waals surface area contributed by atoms with Gasteiger partial charge in [-0.1, -0.05) is 29.8 Å². The van der Waals surface area contributed by atoms with E-state index in [9.17, 15) is 4.79 Å². The SMILES string of the molecule is C/C=C/C(=O)OC(C)COc1ccccc1Cl. The highest BCUT2D eigenvalue weighted by atomic mass is 35.5. The standard InChI is InChI=1S/C13H15ClO3/c1-3-6-13(15)17-10(2)9-16-12-8-5-4-7-11(12)14/h3-8,10H,9H2,1-2H3/b6-3+. The number of hydrogen-bond acceptors (Lipinski definition) is 3. The Morgan fingerprint density at radius 1 is 1.47 bits per heavy atom. The van der Waals surface area contributed by atoms with Crippen LogP contribution in [0.15, 0.2) is 36.4 Å². The number of carbonyl (C=O) groups excluding carboxylic acids is 1. The van der Waals surface area contributed by atoms with Gasteiger partial charge in [0.15, 0.2) is 0 Å². The molecule has 0 N–H and O–H groups in total. The molecule has 0 fully saturated rings. The fourth-order valence-corrected chi connectivity index (χ4v) is 1.37. The first-order chi connectivity index (χ1) is 8.13. The Morgan fingerprint density at radius 3 is 2.82 bits per heavy atom. The van der Waals surface area contributed by atoms with Crippen LogP contribution < -0.4 is 4.74 Å². The smallest absolute Gasteiger partial charge is 0.330 e. The number of para-hydroxylation sites is 1. The van der Waals surface area contributed by atoms with E-state index in [0.29, 0.717) is 10.8 Å². The summed E-state index contributed by atoms with van der Waals surface area (Å²) in [5, 5.41) is 0.541. The Morgan fingerprint density at radius 2 is 2.18 bits per heavy atom. The molecule has 0 saturated carbocycles. The minimum Gasteiger partial charge on any atom is -0.488 e. The zero-order valence-electron chi connectivity index (χ0n) is 9.85. The average molecular weight is 255 g/mol. The van der Waals surface area contributed by atoms with E-state index in [-0.39, 0.29) is 18.7 Å². The van der Waals surface area contributed by atoms with E-state index < -0.39 is 0 Å². The summed E-state index contributed by atoms with van der Waals surface area (Å²) in [6, 6.07) is 7.17. The molecule has 1 unspecified atom stereocenters. The van der Waals surface area contributed by atoms with Crippen molar-refractivity contribution in [2.75, 3.05) is 6.61 Å². The van der Waals surface area contributed by atoms with Crippen LogP contribution in [-0.2, 0) is 9.53 Å². The van der Waals surface area contributed by atoms with E-state index in [1.54, 1.807) is 32.1 Å². The molecular formula is C13H15ClO3. The van der Waals surface area contributed by atoms with Crippen molar-refractivity contribution in [3.05, 3.63) is 41.4 Å². The Labute approximate surface area is 106 Å². The summed E-state index contributed by atoms with van der Waals surface area (Å²) in [5.41, 5.74) is 0. The molecule has 3 nitrogen and oxygen atoms in total. The van der Waals surface area contributed by atoms with Gasteiger partial charge in [-0.25, -0.2) is 4.79 Å². The van der Waals surface area contributed by atoms with Crippen molar-refractivity contribution in [1.82, 2.24) is 0 Å². The molecule has 4 heteroatoms. The fourth-order valence-electron chi connectivity index (χ4n) is 1.18. The summed E-state index contributed by atoms with van der Waals surface area (Å²) in [6.07, 6.45) is 2.67. The van der Waals surface area contributed by atoms with Gasteiger partial charge in [-0.3, -0.25) is 0 Å². The van der Waals surface area contributed by atoms with Crippen LogP contribution >= 0.6 is 11.6 Å². The summed E-state index contributed by atoms with van der Waals surface area (Å²) in [7, 11) is 0. The van der Waals surface area contributed by atoms with E-state index in [4.69, 9.17) is 21.1 Å². The van der Waals surface area contributed by atoms with Crippen LogP contribution in [0, 0.1) is 0 Å². The third-order valence-electron chi connectivity index (χ3n) is 1.93. The molecule has 1 aromatic rings. The molecular weight excluding hydrogens is 240 g/mol. The number of ether oxygens (including phenoxy) is 2. The molecule has 17 heavy (non-hydrogen) atoms. The van der Waals surface area contributed by atoms with Gasteiger partial charge in [-0.2, -0.15) is 0 Å². The summed E-state index contributed by atoms with van der Waals surface area (Å²) in [5.74, 6) is 0.214. The molecule has 92 valence electrons. The minimum absolute atomic E-state index is 0.271. The normalized spacial score (nSPS) is 12.4. The van der Waals surface area contributed by atoms with E-state index in [1.165, 1.54) is 6.08 Å². The maximum Gasteiger partial charge on any atom is 0.330 e. The molecule has 0 aliphatic heterocycles. The highest BCUT2D eigenvalue weighted by Gasteiger charge is 2.08. The molecule has 1 rings (SSSR count). The quantitative estimate of drug-likeness (QED) is 0.598. The first-order valence-electron chi connectivity index (χ1n) is 5.34. The summed E-state index contributed by atoms with van der Waals surface area (Å²) in [4.78, 5) is 11.1. The van der Waals surface area contributed by atoms with Gasteiger partial charge < -0.3 is 9.47 Å². The lowest BCUT2D eigenvalue weighted by Gasteiger charge is -2.13. The average Bonchev–Trinajstić information content (AvgIpc) is 2.28. The van der Waals surface area contributed by atoms with Crippen LogP contribution in [0.3, 0.4) is 0 Å². The van der Waals surface area contributed by atoms with Crippen LogP contribution in [0.5, 0.6) is 5.75 Å². The van der Waals surface area contributed by atoms with Gasteiger partial charge in [0, 0.05) is 6.08 Å². The lowest BCUT2D eigenvalue weighted by atomic mass is 10.3. The van der Waals surface area contributed by atoms with Gasteiger partial charge in [0.2, 0.25) is 0 Å². The van der Waals surface area contributed by atoms with Gasteiger partial charge in [0.25, 0.3) is 0 Å². The van der Waals surface area contributed by atoms with Crippen molar-refractivity contribution in [2.45, 2.75) is 20.0 Å². The van der Waals surface area contributed by atoms with Gasteiger partial charge >= 0.3 is 5.97 Å². The second-order valence-electron chi connectivity index (χ2n) is 3.49. The Bertz CT molecular complexity index is 401. The van der Waals surface area contributed by atoms with Crippen molar-refractivity contribution >= 4 is 17.6 Å². The second kappa shape index (κ2) is 6.97.